The van der Waals surface area contributed by atoms with E-state index in [2.05, 4.69) is 6.92 Å². The van der Waals surface area contributed by atoms with Gasteiger partial charge in [-0.1, -0.05) is 64.7 Å². The second kappa shape index (κ2) is 13.9. The van der Waals surface area contributed by atoms with Crippen LogP contribution in [0.15, 0.2) is 0 Å². The second-order valence-electron chi connectivity index (χ2n) is 5.28. The van der Waals surface area contributed by atoms with Gasteiger partial charge in [-0.2, -0.15) is 0 Å². The van der Waals surface area contributed by atoms with Crippen molar-refractivity contribution < 1.29 is 14.6 Å². The van der Waals surface area contributed by atoms with Crippen molar-refractivity contribution in [1.29, 1.82) is 0 Å². The maximum Gasteiger partial charge on any atom is 0.308 e. The Morgan fingerprint density at radius 3 is 2.00 bits per heavy atom. The fraction of sp³-hybridized carbons (Fsp3) is 0.938. The van der Waals surface area contributed by atoms with Crippen LogP contribution >= 0.6 is 0 Å². The highest BCUT2D eigenvalue weighted by Gasteiger charge is 2.10. The minimum atomic E-state index is -0.524. The average Bonchev–Trinajstić information content (AvgIpc) is 2.37. The van der Waals surface area contributed by atoms with Gasteiger partial charge in [-0.3, -0.25) is 4.79 Å². The number of rotatable bonds is 13. The summed E-state index contributed by atoms with van der Waals surface area (Å²) in [5, 5.41) is 9.65. The lowest BCUT2D eigenvalue weighted by molar-refractivity contribution is -0.145. The van der Waals surface area contributed by atoms with E-state index >= 15 is 0 Å². The zero-order valence-electron chi connectivity index (χ0n) is 12.8. The van der Waals surface area contributed by atoms with E-state index in [9.17, 15) is 9.90 Å². The summed E-state index contributed by atoms with van der Waals surface area (Å²) >= 11 is 0. The third-order valence-corrected chi connectivity index (χ3v) is 3.35. The molecule has 3 heteroatoms. The van der Waals surface area contributed by atoms with Gasteiger partial charge in [0.25, 0.3) is 0 Å². The largest absolute Gasteiger partial charge is 0.466 e. The van der Waals surface area contributed by atoms with Gasteiger partial charge in [-0.15, -0.1) is 0 Å². The van der Waals surface area contributed by atoms with Crippen molar-refractivity contribution in [2.45, 2.75) is 90.6 Å². The first-order chi connectivity index (χ1) is 9.20. The van der Waals surface area contributed by atoms with E-state index in [-0.39, 0.29) is 12.4 Å². The Balaban J connectivity index is 3.22. The normalized spacial score (nSPS) is 12.4. The van der Waals surface area contributed by atoms with Crippen LogP contribution in [0.4, 0.5) is 0 Å². The van der Waals surface area contributed by atoms with Crippen LogP contribution in [0.2, 0.25) is 0 Å². The zero-order valence-corrected chi connectivity index (χ0v) is 12.8. The molecule has 0 heterocycles. The van der Waals surface area contributed by atoms with Crippen molar-refractivity contribution in [3.8, 4) is 0 Å². The van der Waals surface area contributed by atoms with Gasteiger partial charge >= 0.3 is 5.97 Å². The first kappa shape index (κ1) is 18.4. The van der Waals surface area contributed by atoms with Crippen LogP contribution in [0, 0.1) is 0 Å². The summed E-state index contributed by atoms with van der Waals surface area (Å²) in [4.78, 5) is 11.1. The number of aliphatic hydroxyl groups excluding tert-OH is 1. The third kappa shape index (κ3) is 13.7. The Morgan fingerprint density at radius 1 is 0.947 bits per heavy atom. The molecule has 1 N–H and O–H groups in total. The molecule has 0 spiro atoms. The first-order valence-electron chi connectivity index (χ1n) is 8.04. The van der Waals surface area contributed by atoms with Gasteiger partial charge in [0.15, 0.2) is 0 Å². The monoisotopic (exact) mass is 272 g/mol. The predicted octanol–water partition coefficient (Wildman–Crippen LogP) is 4.22. The third-order valence-electron chi connectivity index (χ3n) is 3.35. The molecule has 0 aliphatic carbocycles. The highest BCUT2D eigenvalue weighted by atomic mass is 16.5. The molecule has 19 heavy (non-hydrogen) atoms. The minimum Gasteiger partial charge on any atom is -0.466 e. The fourth-order valence-corrected chi connectivity index (χ4v) is 2.20. The van der Waals surface area contributed by atoms with Gasteiger partial charge in [-0.25, -0.2) is 0 Å². The van der Waals surface area contributed by atoms with E-state index in [1.54, 1.807) is 6.92 Å². The molecule has 0 fully saturated rings. The number of esters is 1. The summed E-state index contributed by atoms with van der Waals surface area (Å²) in [5.74, 6) is -0.286. The van der Waals surface area contributed by atoms with Crippen LogP contribution < -0.4 is 0 Å². The smallest absolute Gasteiger partial charge is 0.308 e. The lowest BCUT2D eigenvalue weighted by Crippen LogP contribution is -2.15. The van der Waals surface area contributed by atoms with Gasteiger partial charge < -0.3 is 9.84 Å². The molecule has 0 aromatic rings. The van der Waals surface area contributed by atoms with Crippen molar-refractivity contribution in [3.05, 3.63) is 0 Å². The Labute approximate surface area is 118 Å². The van der Waals surface area contributed by atoms with Crippen LogP contribution in [0.3, 0.4) is 0 Å². The van der Waals surface area contributed by atoms with Crippen molar-refractivity contribution in [2.75, 3.05) is 6.61 Å². The zero-order chi connectivity index (χ0) is 14.3. The Hall–Kier alpha value is -0.570. The summed E-state index contributed by atoms with van der Waals surface area (Å²) in [5.41, 5.74) is 0. The Bertz CT molecular complexity index is 204. The number of unbranched alkanes of at least 4 members (excludes halogenated alkanes) is 8. The topological polar surface area (TPSA) is 46.5 Å². The number of carbonyl (C=O) groups is 1. The minimum absolute atomic E-state index is 0.144. The molecule has 0 saturated carbocycles. The maximum atomic E-state index is 11.1. The maximum absolute atomic E-state index is 11.1. The van der Waals surface area contributed by atoms with E-state index in [1.807, 2.05) is 0 Å². The highest BCUT2D eigenvalue weighted by molar-refractivity contribution is 5.69. The quantitative estimate of drug-likeness (QED) is 0.403. The lowest BCUT2D eigenvalue weighted by Gasteiger charge is -2.09. The molecule has 114 valence electrons. The molecular formula is C16H32O3. The van der Waals surface area contributed by atoms with E-state index < -0.39 is 6.10 Å². The number of hydrogen-bond acceptors (Lipinski definition) is 3. The van der Waals surface area contributed by atoms with Crippen LogP contribution in [-0.2, 0) is 9.53 Å². The summed E-state index contributed by atoms with van der Waals surface area (Å²) < 4.78 is 4.81. The molecule has 0 aliphatic rings. The second-order valence-corrected chi connectivity index (χ2v) is 5.28. The number of ether oxygens (including phenoxy) is 1. The molecular weight excluding hydrogens is 240 g/mol. The standard InChI is InChI=1S/C16H32O3/c1-3-5-6-7-8-9-10-11-12-13-15(17)14-16(18)19-4-2/h15,17H,3-14H2,1-2H3/t15-/m0/s1. The molecule has 0 aliphatic heterocycles. The van der Waals surface area contributed by atoms with Crippen molar-refractivity contribution in [2.24, 2.45) is 0 Å². The molecule has 0 saturated heterocycles. The van der Waals surface area contributed by atoms with Gasteiger partial charge in [0.1, 0.15) is 0 Å². The SMILES string of the molecule is CCCCCCCCCCC[C@H](O)CC(=O)OCC. The van der Waals surface area contributed by atoms with E-state index in [4.69, 9.17) is 4.74 Å². The molecule has 0 amide bonds. The Kier molecular flexibility index (Phi) is 13.4. The van der Waals surface area contributed by atoms with Crippen LogP contribution in [0.1, 0.15) is 84.5 Å². The van der Waals surface area contributed by atoms with Crippen LogP contribution in [-0.4, -0.2) is 23.8 Å². The fourth-order valence-electron chi connectivity index (χ4n) is 2.20. The predicted molar refractivity (Wildman–Crippen MR) is 79.1 cm³/mol. The molecule has 0 radical (unpaired) electrons. The molecule has 0 unspecified atom stereocenters. The average molecular weight is 272 g/mol. The van der Waals surface area contributed by atoms with Gasteiger partial charge in [0.05, 0.1) is 19.1 Å². The van der Waals surface area contributed by atoms with Crippen molar-refractivity contribution in [3.63, 3.8) is 0 Å². The van der Waals surface area contributed by atoms with Crippen LogP contribution in [0.5, 0.6) is 0 Å². The molecule has 1 atom stereocenters. The van der Waals surface area contributed by atoms with E-state index in [0.717, 1.165) is 12.8 Å². The molecule has 3 nitrogen and oxygen atoms in total. The summed E-state index contributed by atoms with van der Waals surface area (Å²) in [6.45, 7) is 4.41. The van der Waals surface area contributed by atoms with E-state index in [1.165, 1.54) is 44.9 Å². The van der Waals surface area contributed by atoms with Gasteiger partial charge in [0, 0.05) is 0 Å². The first-order valence-corrected chi connectivity index (χ1v) is 8.04. The molecule has 0 aromatic carbocycles. The molecule has 0 bridgehead atoms. The summed E-state index contributed by atoms with van der Waals surface area (Å²) in [7, 11) is 0. The van der Waals surface area contributed by atoms with Crippen LogP contribution in [0.25, 0.3) is 0 Å². The summed E-state index contributed by atoms with van der Waals surface area (Å²) in [6, 6.07) is 0. The van der Waals surface area contributed by atoms with Gasteiger partial charge in [-0.05, 0) is 13.3 Å². The summed E-state index contributed by atoms with van der Waals surface area (Å²) in [6.07, 6.45) is 11.8. The Morgan fingerprint density at radius 2 is 1.47 bits per heavy atom. The lowest BCUT2D eigenvalue weighted by atomic mass is 10.0. The van der Waals surface area contributed by atoms with Crippen molar-refractivity contribution in [1.82, 2.24) is 0 Å². The molecule has 0 aromatic heterocycles. The van der Waals surface area contributed by atoms with Gasteiger partial charge in [0.2, 0.25) is 0 Å². The number of aliphatic hydroxyl groups is 1. The number of carbonyl (C=O) groups excluding carboxylic acids is 1. The number of hydrogen-bond donors (Lipinski definition) is 1. The molecule has 0 rings (SSSR count). The highest BCUT2D eigenvalue weighted by Crippen LogP contribution is 2.12. The van der Waals surface area contributed by atoms with E-state index in [0.29, 0.717) is 13.0 Å². The van der Waals surface area contributed by atoms with Crippen molar-refractivity contribution >= 4 is 5.97 Å².